The summed E-state index contributed by atoms with van der Waals surface area (Å²) in [6.45, 7) is 0. The summed E-state index contributed by atoms with van der Waals surface area (Å²) in [5, 5.41) is 0. The molecule has 0 saturated carbocycles. The molecule has 0 rings (SSSR count). The third-order valence-electron chi connectivity index (χ3n) is 0. The van der Waals surface area contributed by atoms with Gasteiger partial charge in [-0.25, -0.2) is 0 Å². The Morgan fingerprint density at radius 1 is 1.75 bits per heavy atom. The second-order valence-corrected chi connectivity index (χ2v) is 0.359. The number of rotatable bonds is 0. The van der Waals surface area contributed by atoms with E-state index in [0.717, 1.165) is 0 Å². The number of hydrogen-bond donors (Lipinski definition) is 1. The van der Waals surface area contributed by atoms with Crippen molar-refractivity contribution in [2.24, 2.45) is 0 Å². The van der Waals surface area contributed by atoms with Crippen molar-refractivity contribution in [3.63, 3.8) is 0 Å². The zero-order valence-corrected chi connectivity index (χ0v) is 6.49. The van der Waals surface area contributed by atoms with Crippen LogP contribution in [0.1, 0.15) is 0 Å². The van der Waals surface area contributed by atoms with E-state index in [2.05, 4.69) is 0 Å². The summed E-state index contributed by atoms with van der Waals surface area (Å²) >= 11 is -1.19. The quantitative estimate of drug-likeness (QED) is 0.447. The fourth-order valence-corrected chi connectivity index (χ4v) is 0. The first-order chi connectivity index (χ1) is 1.41. The largest absolute Gasteiger partial charge is 0.551 e. The van der Waals surface area contributed by atoms with E-state index in [1.807, 2.05) is 0 Å². The summed E-state index contributed by atoms with van der Waals surface area (Å²) in [6.07, 6.45) is 0. The second-order valence-electron chi connectivity index (χ2n) is 0.0690. The molecule has 4 heavy (non-hydrogen) atoms. The van der Waals surface area contributed by atoms with Crippen LogP contribution in [0.15, 0.2) is 0 Å². The SMILES string of the molecule is [O-][Br+]O.[Zn]. The Hall–Kier alpha value is 1.02. The van der Waals surface area contributed by atoms with Crippen LogP contribution in [0.25, 0.3) is 0 Å². The van der Waals surface area contributed by atoms with Gasteiger partial charge in [0.05, 0.1) is 0 Å². The predicted molar refractivity (Wildman–Crippen MR) is 2.22 cm³/mol. The topological polar surface area (TPSA) is 43.3 Å². The van der Waals surface area contributed by atoms with E-state index in [1.54, 1.807) is 0 Å². The van der Waals surface area contributed by atoms with Gasteiger partial charge in [-0.2, -0.15) is 4.20 Å². The zero-order chi connectivity index (χ0) is 2.71. The minimum Gasteiger partial charge on any atom is -0.551 e. The molecule has 0 unspecified atom stereocenters. The van der Waals surface area contributed by atoms with Crippen LogP contribution in [-0.4, -0.2) is 4.20 Å². The van der Waals surface area contributed by atoms with Crippen molar-refractivity contribution in [3.05, 3.63) is 0 Å². The fraction of sp³-hybridized carbons (Fsp3) is 0. The maximum absolute atomic E-state index is 8.52. The van der Waals surface area contributed by atoms with E-state index in [0.29, 0.717) is 0 Å². The molecule has 0 fully saturated rings. The van der Waals surface area contributed by atoms with Gasteiger partial charge in [0.1, 0.15) is 0 Å². The molecule has 0 aromatic heterocycles. The predicted octanol–water partition coefficient (Wildman–Crippen LogP) is -1.75. The molecular weight excluding hydrogens is 177 g/mol. The molecule has 0 aliphatic heterocycles. The van der Waals surface area contributed by atoms with Crippen LogP contribution in [-0.2, 0) is 19.5 Å². The molecule has 22 valence electrons. The second kappa shape index (κ2) is 8.98. The Bertz CT molecular complexity index is 6.00. The zero-order valence-electron chi connectivity index (χ0n) is 1.94. The van der Waals surface area contributed by atoms with Gasteiger partial charge in [-0.1, -0.05) is 0 Å². The summed E-state index contributed by atoms with van der Waals surface area (Å²) in [5.74, 6) is 0. The minimum absolute atomic E-state index is 0. The molecule has 0 aromatic carbocycles. The molecule has 4 heteroatoms. The number of hydrogen-bond acceptors (Lipinski definition) is 2. The molecule has 0 aliphatic carbocycles. The molecule has 2 nitrogen and oxygen atoms in total. The van der Waals surface area contributed by atoms with Gasteiger partial charge in [-0.05, 0) is 0 Å². The Morgan fingerprint density at radius 2 is 1.75 bits per heavy atom. The summed E-state index contributed by atoms with van der Waals surface area (Å²) in [6, 6.07) is 0. The van der Waals surface area contributed by atoms with Crippen molar-refractivity contribution < 1.29 is 43.4 Å². The van der Waals surface area contributed by atoms with Gasteiger partial charge in [0, 0.05) is 19.5 Å². The Kier molecular flexibility index (Phi) is 20.0. The first-order valence-corrected chi connectivity index (χ1v) is 1.68. The fourth-order valence-electron chi connectivity index (χ4n) is 0. The van der Waals surface area contributed by atoms with Gasteiger partial charge in [0.2, 0.25) is 0 Å². The van der Waals surface area contributed by atoms with Crippen molar-refractivity contribution in [3.8, 4) is 0 Å². The van der Waals surface area contributed by atoms with Crippen molar-refractivity contribution in [1.29, 1.82) is 0 Å². The van der Waals surface area contributed by atoms with Crippen molar-refractivity contribution in [2.45, 2.75) is 0 Å². The maximum atomic E-state index is 8.52. The van der Waals surface area contributed by atoms with E-state index in [9.17, 15) is 0 Å². The standard InChI is InChI=1S/BrHO2.Zn/c2-1-3;/h2H;. The smallest absolute Gasteiger partial charge is 0.417 e. The molecular formula is HBrO2Zn. The summed E-state index contributed by atoms with van der Waals surface area (Å²) < 4.78 is 15.6. The summed E-state index contributed by atoms with van der Waals surface area (Å²) in [5.41, 5.74) is 0. The Morgan fingerprint density at radius 3 is 1.75 bits per heavy atom. The van der Waals surface area contributed by atoms with Gasteiger partial charge >= 0.3 is 15.5 Å². The van der Waals surface area contributed by atoms with Crippen LogP contribution in [0.5, 0.6) is 0 Å². The molecule has 0 radical (unpaired) electrons. The van der Waals surface area contributed by atoms with E-state index in [1.165, 1.54) is 0 Å². The number of halogens is 1. The summed E-state index contributed by atoms with van der Waals surface area (Å²) in [4.78, 5) is 0. The molecule has 0 bridgehead atoms. The van der Waals surface area contributed by atoms with Gasteiger partial charge < -0.3 is 4.20 Å². The van der Waals surface area contributed by atoms with E-state index in [-0.39, 0.29) is 19.5 Å². The Balaban J connectivity index is 0. The first-order valence-electron chi connectivity index (χ1n) is 0.323. The molecule has 0 spiro atoms. The molecule has 0 amide bonds. The van der Waals surface area contributed by atoms with Gasteiger partial charge in [0.25, 0.3) is 0 Å². The van der Waals surface area contributed by atoms with Crippen LogP contribution < -0.4 is 4.20 Å². The van der Waals surface area contributed by atoms with Crippen LogP contribution in [0, 0.1) is 15.5 Å². The molecule has 0 saturated heterocycles. The molecule has 0 aliphatic rings. The van der Waals surface area contributed by atoms with Crippen LogP contribution in [0.3, 0.4) is 0 Å². The maximum Gasteiger partial charge on any atom is 0.417 e. The third kappa shape index (κ3) is 11.8. The molecule has 0 aromatic rings. The molecule has 0 atom stereocenters. The van der Waals surface area contributed by atoms with E-state index < -0.39 is 15.5 Å². The van der Waals surface area contributed by atoms with Crippen molar-refractivity contribution >= 4 is 0 Å². The monoisotopic (exact) mass is 176 g/mol. The van der Waals surface area contributed by atoms with Gasteiger partial charge in [0.15, 0.2) is 0 Å². The Labute approximate surface area is 43.7 Å². The first kappa shape index (κ1) is 8.90. The van der Waals surface area contributed by atoms with Crippen molar-refractivity contribution in [2.75, 3.05) is 0 Å². The minimum atomic E-state index is -1.19. The van der Waals surface area contributed by atoms with E-state index >= 15 is 0 Å². The average molecular weight is 178 g/mol. The van der Waals surface area contributed by atoms with Crippen LogP contribution in [0.4, 0.5) is 0 Å². The van der Waals surface area contributed by atoms with Crippen LogP contribution >= 0.6 is 0 Å². The third-order valence-corrected chi connectivity index (χ3v) is 0. The van der Waals surface area contributed by atoms with Crippen molar-refractivity contribution in [1.82, 2.24) is 0 Å². The van der Waals surface area contributed by atoms with Crippen LogP contribution in [0.2, 0.25) is 0 Å². The van der Waals surface area contributed by atoms with Gasteiger partial charge in [-0.15, -0.1) is 0 Å². The van der Waals surface area contributed by atoms with E-state index in [4.69, 9.17) is 8.40 Å². The van der Waals surface area contributed by atoms with Gasteiger partial charge in [-0.3, -0.25) is 0 Å². The molecule has 1 N–H and O–H groups in total. The summed E-state index contributed by atoms with van der Waals surface area (Å²) in [7, 11) is 0. The molecule has 0 heterocycles. The normalized spacial score (nSPS) is 4.50. The average Bonchev–Trinajstić information content (AvgIpc) is 0.918.